The van der Waals surface area contributed by atoms with E-state index in [-0.39, 0.29) is 0 Å². The van der Waals surface area contributed by atoms with Gasteiger partial charge in [0.15, 0.2) is 0 Å². The van der Waals surface area contributed by atoms with Gasteiger partial charge in [-0.3, -0.25) is 4.90 Å². The van der Waals surface area contributed by atoms with E-state index in [1.54, 1.807) is 0 Å². The van der Waals surface area contributed by atoms with Gasteiger partial charge in [0.2, 0.25) is 0 Å². The average Bonchev–Trinajstić information content (AvgIpc) is 2.39. The molecule has 0 radical (unpaired) electrons. The second-order valence-corrected chi connectivity index (χ2v) is 6.33. The summed E-state index contributed by atoms with van der Waals surface area (Å²) in [6.45, 7) is 10.5. The van der Waals surface area contributed by atoms with Crippen molar-refractivity contribution in [2.24, 2.45) is 0 Å². The lowest BCUT2D eigenvalue weighted by atomic mass is 10.0. The molecule has 1 aliphatic rings. The highest BCUT2D eigenvalue weighted by Gasteiger charge is 2.18. The van der Waals surface area contributed by atoms with Crippen LogP contribution < -0.4 is 5.32 Å². The number of piperidine rings is 1. The molecule has 0 bridgehead atoms. The van der Waals surface area contributed by atoms with Gasteiger partial charge in [-0.1, -0.05) is 46.3 Å². The van der Waals surface area contributed by atoms with Crippen LogP contribution in [0.1, 0.15) is 25.3 Å². The molecular formula is C16H23BrN2. The van der Waals surface area contributed by atoms with Gasteiger partial charge in [0.1, 0.15) is 0 Å². The molecule has 0 saturated carbocycles. The first-order valence-electron chi connectivity index (χ1n) is 6.98. The van der Waals surface area contributed by atoms with Crippen molar-refractivity contribution in [2.75, 3.05) is 19.6 Å². The topological polar surface area (TPSA) is 15.3 Å². The van der Waals surface area contributed by atoms with E-state index in [0.717, 1.165) is 13.1 Å². The molecule has 2 nitrogen and oxygen atoms in total. The zero-order valence-corrected chi connectivity index (χ0v) is 13.2. The van der Waals surface area contributed by atoms with Crippen molar-refractivity contribution >= 4 is 15.9 Å². The fourth-order valence-corrected chi connectivity index (χ4v) is 3.00. The molecule has 1 heterocycles. The van der Waals surface area contributed by atoms with E-state index in [1.807, 2.05) is 0 Å². The summed E-state index contributed by atoms with van der Waals surface area (Å²) in [6.07, 6.45) is 2.47. The van der Waals surface area contributed by atoms with E-state index in [9.17, 15) is 0 Å². The summed E-state index contributed by atoms with van der Waals surface area (Å²) < 4.78 is 1.20. The molecule has 1 fully saturated rings. The lowest BCUT2D eigenvalue weighted by molar-refractivity contribution is 0.211. The highest BCUT2D eigenvalue weighted by molar-refractivity contribution is 9.10. The molecule has 0 aliphatic carbocycles. The van der Waals surface area contributed by atoms with Crippen LogP contribution in [0.15, 0.2) is 40.9 Å². The Morgan fingerprint density at radius 2 is 2.05 bits per heavy atom. The molecule has 0 aromatic heterocycles. The van der Waals surface area contributed by atoms with Crippen LogP contribution in [0.2, 0.25) is 0 Å². The molecular weight excluding hydrogens is 300 g/mol. The molecule has 0 unspecified atom stereocenters. The number of hydrogen-bond acceptors (Lipinski definition) is 2. The van der Waals surface area contributed by atoms with Gasteiger partial charge >= 0.3 is 0 Å². The third kappa shape index (κ3) is 4.75. The van der Waals surface area contributed by atoms with Crippen molar-refractivity contribution in [3.05, 3.63) is 46.5 Å². The summed E-state index contributed by atoms with van der Waals surface area (Å²) in [5.41, 5.74) is 2.60. The van der Waals surface area contributed by atoms with Crippen LogP contribution in [-0.2, 0) is 6.54 Å². The third-order valence-corrected chi connectivity index (χ3v) is 4.39. The minimum atomic E-state index is 0.647. The molecule has 1 aliphatic heterocycles. The Morgan fingerprint density at radius 1 is 1.37 bits per heavy atom. The maximum atomic E-state index is 3.99. The Labute approximate surface area is 125 Å². The van der Waals surface area contributed by atoms with Crippen molar-refractivity contribution < 1.29 is 0 Å². The first kappa shape index (κ1) is 14.8. The normalized spacial score (nSPS) is 17.6. The summed E-state index contributed by atoms with van der Waals surface area (Å²) in [7, 11) is 0. The van der Waals surface area contributed by atoms with Gasteiger partial charge < -0.3 is 5.32 Å². The van der Waals surface area contributed by atoms with Gasteiger partial charge in [0, 0.05) is 23.6 Å². The largest absolute Gasteiger partial charge is 0.310 e. The van der Waals surface area contributed by atoms with Crippen molar-refractivity contribution in [2.45, 2.75) is 32.4 Å². The SMILES string of the molecule is C=C(C)CN1CCC(NCc2ccccc2Br)CC1. The van der Waals surface area contributed by atoms with Gasteiger partial charge in [-0.05, 0) is 44.5 Å². The van der Waals surface area contributed by atoms with Gasteiger partial charge in [0.05, 0.1) is 0 Å². The number of nitrogens with zero attached hydrogens (tertiary/aromatic N) is 1. The zero-order chi connectivity index (χ0) is 13.7. The smallest absolute Gasteiger partial charge is 0.0220 e. The Morgan fingerprint density at radius 3 is 2.68 bits per heavy atom. The first-order valence-corrected chi connectivity index (χ1v) is 7.78. The first-order chi connectivity index (χ1) is 9.15. The molecule has 1 aromatic rings. The maximum Gasteiger partial charge on any atom is 0.0220 e. The molecule has 3 heteroatoms. The highest BCUT2D eigenvalue weighted by atomic mass is 79.9. The number of likely N-dealkylation sites (tertiary alicyclic amines) is 1. The minimum absolute atomic E-state index is 0.647. The standard InChI is InChI=1S/C16H23BrN2/c1-13(2)12-19-9-7-15(8-10-19)18-11-14-5-3-4-6-16(14)17/h3-6,15,18H,1,7-12H2,2H3. The van der Waals surface area contributed by atoms with E-state index in [1.165, 1.54) is 41.5 Å². The monoisotopic (exact) mass is 322 g/mol. The number of nitrogens with one attached hydrogen (secondary N) is 1. The number of rotatable bonds is 5. The molecule has 104 valence electrons. The summed E-state index contributed by atoms with van der Waals surface area (Å²) >= 11 is 3.60. The third-order valence-electron chi connectivity index (χ3n) is 3.62. The zero-order valence-electron chi connectivity index (χ0n) is 11.7. The Hall–Kier alpha value is -0.640. The second-order valence-electron chi connectivity index (χ2n) is 5.48. The van der Waals surface area contributed by atoms with Crippen LogP contribution >= 0.6 is 15.9 Å². The van der Waals surface area contributed by atoms with Crippen molar-refractivity contribution in [3.63, 3.8) is 0 Å². The van der Waals surface area contributed by atoms with Crippen LogP contribution in [0.25, 0.3) is 0 Å². The van der Waals surface area contributed by atoms with Crippen LogP contribution in [0.3, 0.4) is 0 Å². The quantitative estimate of drug-likeness (QED) is 0.833. The van der Waals surface area contributed by atoms with Crippen LogP contribution in [-0.4, -0.2) is 30.6 Å². The second kappa shape index (κ2) is 7.22. The van der Waals surface area contributed by atoms with E-state index in [2.05, 4.69) is 63.9 Å². The molecule has 1 aromatic carbocycles. The van der Waals surface area contributed by atoms with E-state index in [0.29, 0.717) is 6.04 Å². The van der Waals surface area contributed by atoms with Crippen LogP contribution in [0.5, 0.6) is 0 Å². The number of hydrogen-bond donors (Lipinski definition) is 1. The number of benzene rings is 1. The molecule has 1 N–H and O–H groups in total. The Kier molecular flexibility index (Phi) is 5.61. The maximum absolute atomic E-state index is 3.99. The van der Waals surface area contributed by atoms with Gasteiger partial charge in [-0.2, -0.15) is 0 Å². The van der Waals surface area contributed by atoms with E-state index in [4.69, 9.17) is 0 Å². The molecule has 19 heavy (non-hydrogen) atoms. The van der Waals surface area contributed by atoms with Gasteiger partial charge in [0.25, 0.3) is 0 Å². The summed E-state index contributed by atoms with van der Waals surface area (Å²) in [5, 5.41) is 3.67. The lowest BCUT2D eigenvalue weighted by Crippen LogP contribution is -2.42. The predicted octanol–water partition coefficient (Wildman–Crippen LogP) is 3.58. The molecule has 0 amide bonds. The number of halogens is 1. The van der Waals surface area contributed by atoms with Crippen molar-refractivity contribution in [1.82, 2.24) is 10.2 Å². The molecule has 0 atom stereocenters. The highest BCUT2D eigenvalue weighted by Crippen LogP contribution is 2.17. The van der Waals surface area contributed by atoms with Crippen LogP contribution in [0, 0.1) is 0 Å². The molecule has 0 spiro atoms. The summed E-state index contributed by atoms with van der Waals surface area (Å²) in [6, 6.07) is 9.08. The minimum Gasteiger partial charge on any atom is -0.310 e. The predicted molar refractivity (Wildman–Crippen MR) is 85.3 cm³/mol. The van der Waals surface area contributed by atoms with E-state index < -0.39 is 0 Å². The fraction of sp³-hybridized carbons (Fsp3) is 0.500. The van der Waals surface area contributed by atoms with Gasteiger partial charge in [-0.25, -0.2) is 0 Å². The average molecular weight is 323 g/mol. The fourth-order valence-electron chi connectivity index (χ4n) is 2.57. The summed E-state index contributed by atoms with van der Waals surface area (Å²) in [4.78, 5) is 2.50. The molecule has 1 saturated heterocycles. The molecule has 2 rings (SSSR count). The van der Waals surface area contributed by atoms with Crippen molar-refractivity contribution in [1.29, 1.82) is 0 Å². The summed E-state index contributed by atoms with van der Waals surface area (Å²) in [5.74, 6) is 0. The van der Waals surface area contributed by atoms with E-state index >= 15 is 0 Å². The Bertz CT molecular complexity index is 423. The van der Waals surface area contributed by atoms with Gasteiger partial charge in [-0.15, -0.1) is 0 Å². The lowest BCUT2D eigenvalue weighted by Gasteiger charge is -2.32. The van der Waals surface area contributed by atoms with Crippen molar-refractivity contribution in [3.8, 4) is 0 Å². The Balaban J connectivity index is 1.74. The van der Waals surface area contributed by atoms with Crippen LogP contribution in [0.4, 0.5) is 0 Å².